The molecule has 222 valence electrons. The smallest absolute Gasteiger partial charge is 0.251 e. The Labute approximate surface area is 254 Å². The lowest BCUT2D eigenvalue weighted by molar-refractivity contribution is -0.117. The van der Waals surface area contributed by atoms with Crippen LogP contribution in [0.2, 0.25) is 5.02 Å². The molecule has 0 bridgehead atoms. The predicted molar refractivity (Wildman–Crippen MR) is 169 cm³/mol. The van der Waals surface area contributed by atoms with Gasteiger partial charge in [-0.05, 0) is 85.0 Å². The number of hydrogen-bond acceptors (Lipinski definition) is 4. The Morgan fingerprint density at radius 1 is 1.02 bits per heavy atom. The van der Waals surface area contributed by atoms with Gasteiger partial charge in [0.15, 0.2) is 0 Å². The molecular formula is C35H42ClN3O3. The number of aliphatic hydroxyl groups is 1. The third-order valence-electron chi connectivity index (χ3n) is 8.73. The van der Waals surface area contributed by atoms with Crippen molar-refractivity contribution in [2.75, 3.05) is 18.0 Å². The van der Waals surface area contributed by atoms with Gasteiger partial charge in [-0.1, -0.05) is 73.8 Å². The molecule has 2 aliphatic rings. The Morgan fingerprint density at radius 3 is 2.50 bits per heavy atom. The molecule has 3 N–H and O–H groups in total. The zero-order valence-corrected chi connectivity index (χ0v) is 25.2. The van der Waals surface area contributed by atoms with Crippen LogP contribution < -0.4 is 15.5 Å². The minimum absolute atomic E-state index is 0.0232. The SMILES string of the molecule is CCC(NC[C@H](O)[C@H](Cc1ccccc1)NC(=O)c1cc(C2CCCC2)cc(N2CCCC2=O)c1)c1cccc(Cl)c1. The van der Waals surface area contributed by atoms with E-state index in [0.29, 0.717) is 42.4 Å². The van der Waals surface area contributed by atoms with Gasteiger partial charge in [-0.25, -0.2) is 0 Å². The molecular weight excluding hydrogens is 546 g/mol. The number of aliphatic hydroxyl groups excluding tert-OH is 1. The summed E-state index contributed by atoms with van der Waals surface area (Å²) >= 11 is 6.23. The molecule has 1 aliphatic carbocycles. The first-order valence-electron chi connectivity index (χ1n) is 15.4. The molecule has 0 aromatic heterocycles. The number of halogens is 1. The highest BCUT2D eigenvalue weighted by Crippen LogP contribution is 2.37. The van der Waals surface area contributed by atoms with Gasteiger partial charge in [0.05, 0.1) is 12.1 Å². The molecule has 2 amide bonds. The second-order valence-corrected chi connectivity index (χ2v) is 12.1. The van der Waals surface area contributed by atoms with Crippen LogP contribution in [0, 0.1) is 0 Å². The number of rotatable bonds is 12. The lowest BCUT2D eigenvalue weighted by atomic mass is 9.94. The van der Waals surface area contributed by atoms with Crippen molar-refractivity contribution >= 4 is 29.1 Å². The highest BCUT2D eigenvalue weighted by Gasteiger charge is 2.28. The molecule has 6 nitrogen and oxygen atoms in total. The number of carbonyl (C=O) groups excluding carboxylic acids is 2. The lowest BCUT2D eigenvalue weighted by Crippen LogP contribution is -2.49. The van der Waals surface area contributed by atoms with E-state index in [9.17, 15) is 14.7 Å². The fourth-order valence-electron chi connectivity index (χ4n) is 6.37. The van der Waals surface area contributed by atoms with Crippen molar-refractivity contribution in [2.45, 2.75) is 82.4 Å². The summed E-state index contributed by atoms with van der Waals surface area (Å²) in [4.78, 5) is 28.3. The monoisotopic (exact) mass is 587 g/mol. The first kappa shape index (κ1) is 30.3. The van der Waals surface area contributed by atoms with Crippen LogP contribution in [0.1, 0.15) is 90.9 Å². The highest BCUT2D eigenvalue weighted by molar-refractivity contribution is 6.30. The second-order valence-electron chi connectivity index (χ2n) is 11.7. The number of nitrogens with one attached hydrogen (secondary N) is 2. The Morgan fingerprint density at radius 2 is 1.81 bits per heavy atom. The first-order valence-corrected chi connectivity index (χ1v) is 15.8. The van der Waals surface area contributed by atoms with Crippen molar-refractivity contribution in [3.63, 3.8) is 0 Å². The number of carbonyl (C=O) groups is 2. The van der Waals surface area contributed by atoms with Crippen LogP contribution in [0.3, 0.4) is 0 Å². The van der Waals surface area contributed by atoms with Crippen molar-refractivity contribution < 1.29 is 14.7 Å². The van der Waals surface area contributed by atoms with Crippen LogP contribution in [-0.2, 0) is 11.2 Å². The molecule has 1 saturated heterocycles. The Balaban J connectivity index is 1.36. The maximum atomic E-state index is 13.9. The van der Waals surface area contributed by atoms with Gasteiger partial charge >= 0.3 is 0 Å². The molecule has 0 spiro atoms. The van der Waals surface area contributed by atoms with Crippen LogP contribution in [-0.4, -0.2) is 42.2 Å². The van der Waals surface area contributed by atoms with Crippen molar-refractivity contribution in [3.05, 3.63) is 100 Å². The van der Waals surface area contributed by atoms with Crippen LogP contribution in [0.25, 0.3) is 0 Å². The van der Waals surface area contributed by atoms with E-state index < -0.39 is 12.1 Å². The van der Waals surface area contributed by atoms with Gasteiger partial charge in [0.2, 0.25) is 5.91 Å². The largest absolute Gasteiger partial charge is 0.390 e. The summed E-state index contributed by atoms with van der Waals surface area (Å²) in [6, 6.07) is 23.1. The van der Waals surface area contributed by atoms with E-state index in [-0.39, 0.29) is 17.9 Å². The van der Waals surface area contributed by atoms with E-state index in [1.807, 2.05) is 71.6 Å². The number of hydrogen-bond donors (Lipinski definition) is 3. The number of anilines is 1. The van der Waals surface area contributed by atoms with E-state index >= 15 is 0 Å². The topological polar surface area (TPSA) is 81.7 Å². The molecule has 5 rings (SSSR count). The van der Waals surface area contributed by atoms with Crippen molar-refractivity contribution in [1.82, 2.24) is 10.6 Å². The zero-order valence-electron chi connectivity index (χ0n) is 24.4. The molecule has 2 fully saturated rings. The molecule has 1 aliphatic heterocycles. The first-order chi connectivity index (χ1) is 20.4. The predicted octanol–water partition coefficient (Wildman–Crippen LogP) is 6.57. The third-order valence-corrected chi connectivity index (χ3v) is 8.96. The average molecular weight is 588 g/mol. The summed E-state index contributed by atoms with van der Waals surface area (Å²) in [5.41, 5.74) is 4.57. The molecule has 3 atom stereocenters. The van der Waals surface area contributed by atoms with E-state index in [1.165, 1.54) is 12.8 Å². The summed E-state index contributed by atoms with van der Waals surface area (Å²) in [5.74, 6) is 0.282. The summed E-state index contributed by atoms with van der Waals surface area (Å²) in [5, 5.41) is 18.8. The number of amides is 2. The minimum atomic E-state index is -0.833. The normalized spacial score (nSPS) is 17.8. The third kappa shape index (κ3) is 7.60. The van der Waals surface area contributed by atoms with Gasteiger partial charge in [-0.3, -0.25) is 9.59 Å². The van der Waals surface area contributed by atoms with Gasteiger partial charge in [-0.15, -0.1) is 0 Å². The number of benzene rings is 3. The second kappa shape index (κ2) is 14.3. The fraction of sp³-hybridized carbons (Fsp3) is 0.429. The van der Waals surface area contributed by atoms with E-state index in [0.717, 1.165) is 48.1 Å². The minimum Gasteiger partial charge on any atom is -0.390 e. The van der Waals surface area contributed by atoms with Gasteiger partial charge in [0.25, 0.3) is 5.91 Å². The van der Waals surface area contributed by atoms with Gasteiger partial charge < -0.3 is 20.6 Å². The Hall–Kier alpha value is -3.19. The van der Waals surface area contributed by atoms with Crippen molar-refractivity contribution in [3.8, 4) is 0 Å². The number of nitrogens with zero attached hydrogens (tertiary/aromatic N) is 1. The van der Waals surface area contributed by atoms with Gasteiger partial charge in [0.1, 0.15) is 0 Å². The maximum absolute atomic E-state index is 13.9. The summed E-state index contributed by atoms with van der Waals surface area (Å²) < 4.78 is 0. The lowest BCUT2D eigenvalue weighted by Gasteiger charge is -2.27. The maximum Gasteiger partial charge on any atom is 0.251 e. The standard InChI is InChI=1S/C35H42ClN3O3/c1-2-31(26-14-8-15-29(36)20-26)37-23-33(40)32(18-24-10-4-3-5-11-24)38-35(42)28-19-27(25-12-6-7-13-25)21-30(22-28)39-17-9-16-34(39)41/h3-5,8,10-11,14-15,19-22,25,31-33,37,40H,2,6-7,9,12-13,16-18,23H2,1H3,(H,38,42)/t31?,32-,33-/m0/s1. The summed E-state index contributed by atoms with van der Waals surface area (Å²) in [7, 11) is 0. The summed E-state index contributed by atoms with van der Waals surface area (Å²) in [6.07, 6.45) is 6.44. The molecule has 3 aromatic rings. The molecule has 42 heavy (non-hydrogen) atoms. The molecule has 0 radical (unpaired) electrons. The van der Waals surface area contributed by atoms with Gasteiger partial charge in [0, 0.05) is 41.8 Å². The fourth-order valence-corrected chi connectivity index (χ4v) is 6.57. The molecule has 7 heteroatoms. The van der Waals surface area contributed by atoms with E-state index in [2.05, 4.69) is 23.6 Å². The highest BCUT2D eigenvalue weighted by atomic mass is 35.5. The van der Waals surface area contributed by atoms with Crippen LogP contribution in [0.4, 0.5) is 5.69 Å². The molecule has 1 heterocycles. The van der Waals surface area contributed by atoms with Crippen molar-refractivity contribution in [1.29, 1.82) is 0 Å². The van der Waals surface area contributed by atoms with Crippen LogP contribution in [0.15, 0.2) is 72.8 Å². The summed E-state index contributed by atoms with van der Waals surface area (Å²) in [6.45, 7) is 3.08. The van der Waals surface area contributed by atoms with Crippen LogP contribution in [0.5, 0.6) is 0 Å². The Kier molecular flexibility index (Phi) is 10.3. The molecule has 1 saturated carbocycles. The molecule has 1 unspecified atom stereocenters. The van der Waals surface area contributed by atoms with E-state index in [1.54, 1.807) is 0 Å². The Bertz CT molecular complexity index is 1360. The van der Waals surface area contributed by atoms with Gasteiger partial charge in [-0.2, -0.15) is 0 Å². The average Bonchev–Trinajstić information content (AvgIpc) is 3.70. The molecule has 3 aromatic carbocycles. The van der Waals surface area contributed by atoms with E-state index in [4.69, 9.17) is 11.6 Å². The quantitative estimate of drug-likeness (QED) is 0.224. The zero-order chi connectivity index (χ0) is 29.5. The van der Waals surface area contributed by atoms with Crippen LogP contribution >= 0.6 is 11.6 Å². The van der Waals surface area contributed by atoms with Crippen molar-refractivity contribution in [2.24, 2.45) is 0 Å².